The first kappa shape index (κ1) is 13.1. The number of para-hydroxylation sites is 1. The molecule has 3 rings (SSSR count). The van der Waals surface area contributed by atoms with Gasteiger partial charge in [-0.3, -0.25) is 0 Å². The number of rotatable bonds is 2. The molecule has 102 valence electrons. The third-order valence-corrected chi connectivity index (χ3v) is 4.04. The van der Waals surface area contributed by atoms with E-state index in [1.54, 1.807) is 6.20 Å². The smallest absolute Gasteiger partial charge is 0.133 e. The van der Waals surface area contributed by atoms with Crippen LogP contribution in [0, 0.1) is 0 Å². The van der Waals surface area contributed by atoms with Crippen molar-refractivity contribution in [3.8, 4) is 0 Å². The lowest BCUT2D eigenvalue weighted by Gasteiger charge is -2.36. The van der Waals surface area contributed by atoms with Crippen molar-refractivity contribution in [3.05, 3.63) is 53.7 Å². The average Bonchev–Trinajstić information content (AvgIpc) is 2.47. The molecule has 0 saturated carbocycles. The summed E-state index contributed by atoms with van der Waals surface area (Å²) in [6.07, 6.45) is 4.01. The second-order valence-electron chi connectivity index (χ2n) is 5.16. The highest BCUT2D eigenvalue weighted by atomic mass is 32.1. The van der Waals surface area contributed by atoms with E-state index in [2.05, 4.69) is 41.1 Å². The number of nitrogens with two attached hydrogens (primary N) is 1. The minimum Gasteiger partial charge on any atom is -0.389 e. The van der Waals surface area contributed by atoms with Crippen molar-refractivity contribution in [1.29, 1.82) is 0 Å². The van der Waals surface area contributed by atoms with Crippen molar-refractivity contribution in [2.24, 2.45) is 5.73 Å². The van der Waals surface area contributed by atoms with Gasteiger partial charge >= 0.3 is 0 Å². The molecule has 4 heteroatoms. The summed E-state index contributed by atoms with van der Waals surface area (Å²) < 4.78 is 0. The van der Waals surface area contributed by atoms with Gasteiger partial charge in [-0.25, -0.2) is 4.98 Å². The van der Waals surface area contributed by atoms with Gasteiger partial charge in [-0.2, -0.15) is 0 Å². The Morgan fingerprint density at radius 3 is 2.80 bits per heavy atom. The Bertz CT molecular complexity index is 636. The summed E-state index contributed by atoms with van der Waals surface area (Å²) in [6.45, 7) is 2.24. The minimum absolute atomic E-state index is 0.385. The summed E-state index contributed by atoms with van der Waals surface area (Å²) in [5, 5.41) is 0. The van der Waals surface area contributed by atoms with Gasteiger partial charge in [-0.05, 0) is 43.5 Å². The van der Waals surface area contributed by atoms with Gasteiger partial charge in [0.05, 0.1) is 0 Å². The van der Waals surface area contributed by atoms with Crippen LogP contribution < -0.4 is 10.6 Å². The van der Waals surface area contributed by atoms with Crippen molar-refractivity contribution in [1.82, 2.24) is 4.98 Å². The van der Waals surface area contributed by atoms with Gasteiger partial charge in [0.1, 0.15) is 10.8 Å². The Balaban J connectivity index is 2.02. The number of hydrogen-bond donors (Lipinski definition) is 1. The third-order valence-electron chi connectivity index (χ3n) is 3.80. The zero-order valence-corrected chi connectivity index (χ0v) is 12.2. The average molecular weight is 283 g/mol. The van der Waals surface area contributed by atoms with Crippen LogP contribution in [0.1, 0.15) is 24.5 Å². The van der Waals surface area contributed by atoms with E-state index in [1.807, 2.05) is 12.1 Å². The number of pyridine rings is 1. The molecule has 3 nitrogen and oxygen atoms in total. The van der Waals surface area contributed by atoms with Crippen molar-refractivity contribution >= 4 is 28.7 Å². The van der Waals surface area contributed by atoms with Gasteiger partial charge in [0.15, 0.2) is 0 Å². The van der Waals surface area contributed by atoms with E-state index in [9.17, 15) is 0 Å². The lowest BCUT2D eigenvalue weighted by molar-refractivity contribution is 0.613. The van der Waals surface area contributed by atoms with Crippen molar-refractivity contribution in [2.75, 3.05) is 4.90 Å². The predicted octanol–water partition coefficient (Wildman–Crippen LogP) is 3.19. The summed E-state index contributed by atoms with van der Waals surface area (Å²) in [5.74, 6) is 0.949. The van der Waals surface area contributed by atoms with Crippen LogP contribution in [0.5, 0.6) is 0 Å². The van der Waals surface area contributed by atoms with Crippen LogP contribution in [0.3, 0.4) is 0 Å². The van der Waals surface area contributed by atoms with Crippen LogP contribution in [0.4, 0.5) is 11.5 Å². The van der Waals surface area contributed by atoms with Gasteiger partial charge in [0, 0.05) is 23.5 Å². The van der Waals surface area contributed by atoms with E-state index >= 15 is 0 Å². The number of aromatic nitrogens is 1. The first-order valence-corrected chi connectivity index (χ1v) is 7.20. The van der Waals surface area contributed by atoms with E-state index in [1.165, 1.54) is 11.3 Å². The standard InChI is InChI=1S/C16H17N3S/c1-11-6-7-12-4-2-3-5-14(12)19(11)15-9-8-13(10-18-15)16(17)20/h2-5,8-11H,6-7H2,1H3,(H2,17,20). The molecular formula is C16H17N3S. The number of nitrogens with zero attached hydrogens (tertiary/aromatic N) is 2. The largest absolute Gasteiger partial charge is 0.389 e. The van der Waals surface area contributed by atoms with Crippen LogP contribution in [-0.4, -0.2) is 16.0 Å². The molecule has 1 aliphatic heterocycles. The molecule has 1 aromatic heterocycles. The molecule has 0 bridgehead atoms. The lowest BCUT2D eigenvalue weighted by atomic mass is 9.96. The Morgan fingerprint density at radius 2 is 2.10 bits per heavy atom. The molecule has 0 aliphatic carbocycles. The molecule has 1 aliphatic rings. The molecule has 0 amide bonds. The zero-order chi connectivity index (χ0) is 14.1. The van der Waals surface area contributed by atoms with Gasteiger partial charge in [-0.1, -0.05) is 30.4 Å². The van der Waals surface area contributed by atoms with Crippen molar-refractivity contribution in [3.63, 3.8) is 0 Å². The number of fused-ring (bicyclic) bond motifs is 1. The molecule has 1 aromatic carbocycles. The monoisotopic (exact) mass is 283 g/mol. The van der Waals surface area contributed by atoms with Gasteiger partial charge in [0.2, 0.25) is 0 Å². The Morgan fingerprint density at radius 1 is 1.30 bits per heavy atom. The van der Waals surface area contributed by atoms with Crippen molar-refractivity contribution < 1.29 is 0 Å². The second kappa shape index (κ2) is 5.21. The summed E-state index contributed by atoms with van der Waals surface area (Å²) in [6, 6.07) is 12.9. The van der Waals surface area contributed by atoms with Crippen LogP contribution >= 0.6 is 12.2 Å². The summed E-state index contributed by atoms with van der Waals surface area (Å²) in [4.78, 5) is 7.21. The summed E-state index contributed by atoms with van der Waals surface area (Å²) in [5.41, 5.74) is 9.06. The van der Waals surface area contributed by atoms with Crippen LogP contribution in [-0.2, 0) is 6.42 Å². The molecule has 0 fully saturated rings. The highest BCUT2D eigenvalue weighted by Crippen LogP contribution is 2.35. The van der Waals surface area contributed by atoms with E-state index in [-0.39, 0.29) is 0 Å². The van der Waals surface area contributed by atoms with Crippen LogP contribution in [0.15, 0.2) is 42.6 Å². The fourth-order valence-corrected chi connectivity index (χ4v) is 2.83. The van der Waals surface area contributed by atoms with E-state index in [4.69, 9.17) is 18.0 Å². The topological polar surface area (TPSA) is 42.1 Å². The molecule has 0 spiro atoms. The number of aryl methyl sites for hydroxylation is 1. The Labute approximate surface area is 124 Å². The third kappa shape index (κ3) is 2.27. The quantitative estimate of drug-likeness (QED) is 0.860. The first-order valence-electron chi connectivity index (χ1n) is 6.80. The van der Waals surface area contributed by atoms with Crippen LogP contribution in [0.25, 0.3) is 0 Å². The molecule has 2 heterocycles. The predicted molar refractivity (Wildman–Crippen MR) is 86.5 cm³/mol. The molecule has 2 N–H and O–H groups in total. The Kier molecular flexibility index (Phi) is 3.40. The van der Waals surface area contributed by atoms with Gasteiger partial charge in [-0.15, -0.1) is 0 Å². The number of benzene rings is 1. The molecule has 0 radical (unpaired) electrons. The maximum atomic E-state index is 5.62. The van der Waals surface area contributed by atoms with E-state index in [0.29, 0.717) is 11.0 Å². The normalized spacial score (nSPS) is 17.6. The highest BCUT2D eigenvalue weighted by molar-refractivity contribution is 7.80. The lowest BCUT2D eigenvalue weighted by Crippen LogP contribution is -2.33. The van der Waals surface area contributed by atoms with E-state index < -0.39 is 0 Å². The van der Waals surface area contributed by atoms with Crippen LogP contribution in [0.2, 0.25) is 0 Å². The van der Waals surface area contributed by atoms with E-state index in [0.717, 1.165) is 24.2 Å². The number of anilines is 2. The number of hydrogen-bond acceptors (Lipinski definition) is 3. The maximum absolute atomic E-state index is 5.62. The molecule has 1 unspecified atom stereocenters. The second-order valence-corrected chi connectivity index (χ2v) is 5.60. The maximum Gasteiger partial charge on any atom is 0.133 e. The highest BCUT2D eigenvalue weighted by Gasteiger charge is 2.24. The minimum atomic E-state index is 0.385. The fourth-order valence-electron chi connectivity index (χ4n) is 2.71. The number of thiocarbonyl (C=S) groups is 1. The Hall–Kier alpha value is -1.94. The summed E-state index contributed by atoms with van der Waals surface area (Å²) in [7, 11) is 0. The van der Waals surface area contributed by atoms with Gasteiger partial charge < -0.3 is 10.6 Å². The molecule has 20 heavy (non-hydrogen) atoms. The van der Waals surface area contributed by atoms with Gasteiger partial charge in [0.25, 0.3) is 0 Å². The molecule has 2 aromatic rings. The fraction of sp³-hybridized carbons (Fsp3) is 0.250. The molecule has 1 atom stereocenters. The SMILES string of the molecule is CC1CCc2ccccc2N1c1ccc(C(N)=S)cn1. The molecular weight excluding hydrogens is 266 g/mol. The summed E-state index contributed by atoms with van der Waals surface area (Å²) >= 11 is 4.97. The first-order chi connectivity index (χ1) is 9.66. The van der Waals surface area contributed by atoms with Crippen molar-refractivity contribution in [2.45, 2.75) is 25.8 Å². The zero-order valence-electron chi connectivity index (χ0n) is 11.4. The molecule has 0 saturated heterocycles.